The highest BCUT2D eigenvalue weighted by Crippen LogP contribution is 2.23. The summed E-state index contributed by atoms with van der Waals surface area (Å²) in [6, 6.07) is 9.31. The number of carbonyl (C=O) groups is 2. The lowest BCUT2D eigenvalue weighted by Gasteiger charge is -2.13. The summed E-state index contributed by atoms with van der Waals surface area (Å²) in [6.45, 7) is 3.80. The van der Waals surface area contributed by atoms with E-state index in [1.807, 2.05) is 56.3 Å². The zero-order valence-corrected chi connectivity index (χ0v) is 15.9. The number of amides is 1. The number of nitrogens with one attached hydrogen (secondary N) is 1. The van der Waals surface area contributed by atoms with Gasteiger partial charge in [0.1, 0.15) is 4.88 Å². The average Bonchev–Trinajstić information content (AvgIpc) is 2.94. The number of thiophene rings is 1. The molecule has 0 saturated carbocycles. The van der Waals surface area contributed by atoms with E-state index in [0.717, 1.165) is 23.4 Å². The van der Waals surface area contributed by atoms with Crippen molar-refractivity contribution in [3.8, 4) is 0 Å². The van der Waals surface area contributed by atoms with Crippen molar-refractivity contribution in [2.75, 3.05) is 30.9 Å². The van der Waals surface area contributed by atoms with Gasteiger partial charge in [-0.05, 0) is 49.2 Å². The van der Waals surface area contributed by atoms with E-state index in [0.29, 0.717) is 10.6 Å². The van der Waals surface area contributed by atoms with E-state index in [4.69, 9.17) is 4.74 Å². The van der Waals surface area contributed by atoms with Gasteiger partial charge in [-0.15, -0.1) is 11.3 Å². The molecule has 5 nitrogen and oxygen atoms in total. The van der Waals surface area contributed by atoms with E-state index in [2.05, 4.69) is 12.2 Å². The SMILES string of the molecule is CCCc1cc(C(=O)OCC(=O)Nc2ccc(N(C)C)cc2)sc1C. The number of aryl methyl sites for hydroxylation is 2. The molecule has 0 atom stereocenters. The van der Waals surface area contributed by atoms with Crippen LogP contribution in [0.5, 0.6) is 0 Å². The number of esters is 1. The molecule has 1 aromatic heterocycles. The highest BCUT2D eigenvalue weighted by Gasteiger charge is 2.15. The third-order valence-corrected chi connectivity index (χ3v) is 4.82. The maximum absolute atomic E-state index is 12.1. The minimum Gasteiger partial charge on any atom is -0.451 e. The number of anilines is 2. The minimum absolute atomic E-state index is 0.297. The van der Waals surface area contributed by atoms with Gasteiger partial charge >= 0.3 is 5.97 Å². The van der Waals surface area contributed by atoms with Crippen LogP contribution < -0.4 is 10.2 Å². The van der Waals surface area contributed by atoms with Crippen molar-refractivity contribution < 1.29 is 14.3 Å². The fourth-order valence-electron chi connectivity index (χ4n) is 2.38. The Labute approximate surface area is 152 Å². The second kappa shape index (κ2) is 8.67. The van der Waals surface area contributed by atoms with Crippen molar-refractivity contribution in [2.24, 2.45) is 0 Å². The number of ether oxygens (including phenoxy) is 1. The van der Waals surface area contributed by atoms with Crippen LogP contribution in [0.25, 0.3) is 0 Å². The van der Waals surface area contributed by atoms with Gasteiger partial charge in [0.2, 0.25) is 0 Å². The first-order valence-corrected chi connectivity index (χ1v) is 9.06. The highest BCUT2D eigenvalue weighted by atomic mass is 32.1. The zero-order valence-electron chi connectivity index (χ0n) is 15.1. The molecule has 1 N–H and O–H groups in total. The van der Waals surface area contributed by atoms with Crippen molar-refractivity contribution in [1.29, 1.82) is 0 Å². The predicted molar refractivity (Wildman–Crippen MR) is 103 cm³/mol. The normalized spacial score (nSPS) is 10.4. The van der Waals surface area contributed by atoms with E-state index in [1.165, 1.54) is 16.9 Å². The van der Waals surface area contributed by atoms with Crippen molar-refractivity contribution in [2.45, 2.75) is 26.7 Å². The van der Waals surface area contributed by atoms with Crippen LogP contribution in [-0.4, -0.2) is 32.6 Å². The van der Waals surface area contributed by atoms with Crippen LogP contribution in [0.1, 0.15) is 33.5 Å². The summed E-state index contributed by atoms with van der Waals surface area (Å²) in [5.74, 6) is -0.804. The van der Waals surface area contributed by atoms with Crippen LogP contribution in [-0.2, 0) is 16.0 Å². The molecule has 1 aromatic carbocycles. The minimum atomic E-state index is -0.450. The molecule has 1 heterocycles. The molecule has 0 bridgehead atoms. The van der Waals surface area contributed by atoms with Crippen LogP contribution >= 0.6 is 11.3 Å². The molecule has 0 radical (unpaired) electrons. The topological polar surface area (TPSA) is 58.6 Å². The molecule has 2 rings (SSSR count). The third kappa shape index (κ3) is 5.32. The Morgan fingerprint density at radius 1 is 1.20 bits per heavy atom. The highest BCUT2D eigenvalue weighted by molar-refractivity contribution is 7.14. The largest absolute Gasteiger partial charge is 0.451 e. The van der Waals surface area contributed by atoms with Crippen molar-refractivity contribution in [1.82, 2.24) is 0 Å². The Morgan fingerprint density at radius 3 is 2.48 bits per heavy atom. The molecule has 6 heteroatoms. The van der Waals surface area contributed by atoms with Crippen molar-refractivity contribution in [3.63, 3.8) is 0 Å². The molecule has 0 unspecified atom stereocenters. The Balaban J connectivity index is 1.86. The third-order valence-electron chi connectivity index (χ3n) is 3.74. The quantitative estimate of drug-likeness (QED) is 0.762. The summed E-state index contributed by atoms with van der Waals surface area (Å²) in [5.41, 5.74) is 2.88. The van der Waals surface area contributed by atoms with E-state index < -0.39 is 5.97 Å². The molecular formula is C19H24N2O3S. The predicted octanol–water partition coefficient (Wildman–Crippen LogP) is 3.87. The summed E-state index contributed by atoms with van der Waals surface area (Å²) >= 11 is 1.41. The second-order valence-electron chi connectivity index (χ2n) is 6.01. The van der Waals surface area contributed by atoms with Gasteiger partial charge in [-0.25, -0.2) is 4.79 Å². The zero-order chi connectivity index (χ0) is 18.4. The maximum atomic E-state index is 12.1. The summed E-state index contributed by atoms with van der Waals surface area (Å²) < 4.78 is 5.12. The lowest BCUT2D eigenvalue weighted by Crippen LogP contribution is -2.20. The van der Waals surface area contributed by atoms with Crippen LogP contribution in [0.15, 0.2) is 30.3 Å². The average molecular weight is 360 g/mol. The molecular weight excluding hydrogens is 336 g/mol. The molecule has 2 aromatic rings. The summed E-state index contributed by atoms with van der Waals surface area (Å²) in [7, 11) is 3.90. The van der Waals surface area contributed by atoms with Gasteiger partial charge in [0, 0.05) is 30.3 Å². The smallest absolute Gasteiger partial charge is 0.348 e. The summed E-state index contributed by atoms with van der Waals surface area (Å²) in [4.78, 5) is 27.7. The molecule has 0 spiro atoms. The van der Waals surface area contributed by atoms with E-state index >= 15 is 0 Å². The Morgan fingerprint density at radius 2 is 1.88 bits per heavy atom. The van der Waals surface area contributed by atoms with Crippen LogP contribution in [0.2, 0.25) is 0 Å². The number of hydrogen-bond donors (Lipinski definition) is 1. The summed E-state index contributed by atoms with van der Waals surface area (Å²) in [6.07, 6.45) is 1.97. The molecule has 1 amide bonds. The Bertz CT molecular complexity index is 736. The lowest BCUT2D eigenvalue weighted by molar-refractivity contribution is -0.119. The molecule has 0 aliphatic rings. The standard InChI is InChI=1S/C19H24N2O3S/c1-5-6-14-11-17(25-13(14)2)19(23)24-12-18(22)20-15-7-9-16(10-8-15)21(3)4/h7-11H,5-6,12H2,1-4H3,(H,20,22). The van der Waals surface area contributed by atoms with Crippen molar-refractivity contribution >= 4 is 34.6 Å². The van der Waals surface area contributed by atoms with Gasteiger partial charge in [-0.3, -0.25) is 4.79 Å². The van der Waals surface area contributed by atoms with Gasteiger partial charge in [0.15, 0.2) is 6.61 Å². The second-order valence-corrected chi connectivity index (χ2v) is 7.26. The summed E-state index contributed by atoms with van der Waals surface area (Å²) in [5, 5.41) is 2.72. The molecule has 0 fully saturated rings. The van der Waals surface area contributed by atoms with E-state index in [-0.39, 0.29) is 12.5 Å². The molecule has 134 valence electrons. The number of carbonyl (C=O) groups excluding carboxylic acids is 2. The number of benzene rings is 1. The first-order chi connectivity index (χ1) is 11.9. The molecule has 0 aliphatic carbocycles. The Kier molecular flexibility index (Phi) is 6.58. The first-order valence-electron chi connectivity index (χ1n) is 8.24. The first kappa shape index (κ1) is 19.0. The van der Waals surface area contributed by atoms with Crippen LogP contribution in [0.4, 0.5) is 11.4 Å². The van der Waals surface area contributed by atoms with Crippen LogP contribution in [0.3, 0.4) is 0 Å². The molecule has 0 aliphatic heterocycles. The molecule has 25 heavy (non-hydrogen) atoms. The molecule has 0 saturated heterocycles. The van der Waals surface area contributed by atoms with Crippen LogP contribution in [0, 0.1) is 6.92 Å². The number of hydrogen-bond acceptors (Lipinski definition) is 5. The monoisotopic (exact) mass is 360 g/mol. The fourth-order valence-corrected chi connectivity index (χ4v) is 3.35. The van der Waals surface area contributed by atoms with Crippen molar-refractivity contribution in [3.05, 3.63) is 45.6 Å². The van der Waals surface area contributed by atoms with Gasteiger partial charge in [-0.1, -0.05) is 13.3 Å². The fraction of sp³-hybridized carbons (Fsp3) is 0.368. The number of rotatable bonds is 7. The maximum Gasteiger partial charge on any atom is 0.348 e. The van der Waals surface area contributed by atoms with Gasteiger partial charge < -0.3 is 15.0 Å². The lowest BCUT2D eigenvalue weighted by atomic mass is 10.1. The van der Waals surface area contributed by atoms with Gasteiger partial charge in [0.05, 0.1) is 0 Å². The van der Waals surface area contributed by atoms with E-state index in [1.54, 1.807) is 0 Å². The number of nitrogens with zero attached hydrogens (tertiary/aromatic N) is 1. The van der Waals surface area contributed by atoms with Gasteiger partial charge in [0.25, 0.3) is 5.91 Å². The van der Waals surface area contributed by atoms with Gasteiger partial charge in [-0.2, -0.15) is 0 Å². The van der Waals surface area contributed by atoms with E-state index in [9.17, 15) is 9.59 Å². The Hall–Kier alpha value is -2.34.